The highest BCUT2D eigenvalue weighted by Gasteiger charge is 2.21. The molecule has 1 aliphatic rings. The van der Waals surface area contributed by atoms with Gasteiger partial charge in [0.1, 0.15) is 0 Å². The SMILES string of the molecule is COCC(C)Nc1nc(C)cn1CC1CCN(C)C1. The van der Waals surface area contributed by atoms with Crippen LogP contribution in [0.5, 0.6) is 0 Å². The molecule has 1 saturated heterocycles. The monoisotopic (exact) mass is 266 g/mol. The number of hydrogen-bond acceptors (Lipinski definition) is 4. The Bertz CT molecular complexity index is 404. The van der Waals surface area contributed by atoms with E-state index in [9.17, 15) is 0 Å². The number of anilines is 1. The van der Waals surface area contributed by atoms with Crippen LogP contribution >= 0.6 is 0 Å². The van der Waals surface area contributed by atoms with Gasteiger partial charge >= 0.3 is 0 Å². The molecule has 0 aromatic carbocycles. The van der Waals surface area contributed by atoms with Crippen LogP contribution in [0.1, 0.15) is 19.0 Å². The smallest absolute Gasteiger partial charge is 0.203 e. The molecule has 1 fully saturated rings. The van der Waals surface area contributed by atoms with Gasteiger partial charge in [-0.05, 0) is 39.8 Å². The predicted octanol–water partition coefficient (Wildman–Crippen LogP) is 1.59. The van der Waals surface area contributed by atoms with E-state index in [0.717, 1.165) is 24.1 Å². The molecule has 2 rings (SSSR count). The molecule has 1 N–H and O–H groups in total. The van der Waals surface area contributed by atoms with Crippen molar-refractivity contribution in [2.45, 2.75) is 32.9 Å². The van der Waals surface area contributed by atoms with Gasteiger partial charge in [-0.1, -0.05) is 0 Å². The summed E-state index contributed by atoms with van der Waals surface area (Å²) in [4.78, 5) is 6.97. The van der Waals surface area contributed by atoms with Gasteiger partial charge in [0, 0.05) is 32.4 Å². The van der Waals surface area contributed by atoms with E-state index < -0.39 is 0 Å². The highest BCUT2D eigenvalue weighted by Crippen LogP contribution is 2.19. The fourth-order valence-electron chi connectivity index (χ4n) is 2.77. The molecule has 5 nitrogen and oxygen atoms in total. The van der Waals surface area contributed by atoms with Gasteiger partial charge < -0.3 is 19.5 Å². The van der Waals surface area contributed by atoms with Gasteiger partial charge in [0.25, 0.3) is 0 Å². The maximum Gasteiger partial charge on any atom is 0.203 e. The summed E-state index contributed by atoms with van der Waals surface area (Å²) in [5, 5.41) is 3.43. The number of nitrogens with zero attached hydrogens (tertiary/aromatic N) is 3. The number of methoxy groups -OCH3 is 1. The highest BCUT2D eigenvalue weighted by molar-refractivity contribution is 5.30. The fraction of sp³-hybridized carbons (Fsp3) is 0.786. The molecule has 19 heavy (non-hydrogen) atoms. The average molecular weight is 266 g/mol. The van der Waals surface area contributed by atoms with Crippen molar-refractivity contribution >= 4 is 5.95 Å². The number of likely N-dealkylation sites (tertiary alicyclic amines) is 1. The number of hydrogen-bond donors (Lipinski definition) is 1. The van der Waals surface area contributed by atoms with Gasteiger partial charge in [-0.15, -0.1) is 0 Å². The standard InChI is InChI=1S/C14H26N4O/c1-11-7-18(9-13-5-6-17(3)8-13)14(15-11)16-12(2)10-19-4/h7,12-13H,5-6,8-10H2,1-4H3,(H,15,16). The van der Waals surface area contributed by atoms with Crippen LogP contribution in [0.3, 0.4) is 0 Å². The first kappa shape index (κ1) is 14.3. The van der Waals surface area contributed by atoms with Gasteiger partial charge in [0.15, 0.2) is 0 Å². The van der Waals surface area contributed by atoms with Crippen LogP contribution < -0.4 is 5.32 Å². The van der Waals surface area contributed by atoms with Gasteiger partial charge in [0.2, 0.25) is 5.95 Å². The number of aromatic nitrogens is 2. The molecule has 5 heteroatoms. The zero-order valence-electron chi connectivity index (χ0n) is 12.5. The summed E-state index contributed by atoms with van der Waals surface area (Å²) in [5.74, 6) is 1.70. The first-order chi connectivity index (χ1) is 9.08. The Kier molecular flexibility index (Phi) is 4.82. The summed E-state index contributed by atoms with van der Waals surface area (Å²) in [5.41, 5.74) is 1.07. The minimum Gasteiger partial charge on any atom is -0.383 e. The van der Waals surface area contributed by atoms with Crippen LogP contribution in [0.2, 0.25) is 0 Å². The highest BCUT2D eigenvalue weighted by atomic mass is 16.5. The maximum absolute atomic E-state index is 5.16. The Morgan fingerprint density at radius 2 is 2.37 bits per heavy atom. The average Bonchev–Trinajstić information content (AvgIpc) is 2.87. The molecule has 0 bridgehead atoms. The summed E-state index contributed by atoms with van der Waals surface area (Å²) in [6, 6.07) is 0.275. The molecule has 0 radical (unpaired) electrons. The summed E-state index contributed by atoms with van der Waals surface area (Å²) < 4.78 is 7.42. The molecule has 1 aromatic rings. The Hall–Kier alpha value is -1.07. The molecule has 2 unspecified atom stereocenters. The molecule has 1 aromatic heterocycles. The molecule has 0 spiro atoms. The summed E-state index contributed by atoms with van der Waals surface area (Å²) in [7, 11) is 3.92. The number of imidazole rings is 1. The Morgan fingerprint density at radius 3 is 3.00 bits per heavy atom. The van der Waals surface area contributed by atoms with E-state index in [1.54, 1.807) is 7.11 Å². The van der Waals surface area contributed by atoms with Crippen molar-refractivity contribution in [2.24, 2.45) is 5.92 Å². The first-order valence-corrected chi connectivity index (χ1v) is 7.06. The van der Waals surface area contributed by atoms with E-state index in [1.807, 2.05) is 6.92 Å². The summed E-state index contributed by atoms with van der Waals surface area (Å²) in [6.07, 6.45) is 3.42. The number of aryl methyl sites for hydroxylation is 1. The number of rotatable bonds is 6. The van der Waals surface area contributed by atoms with Crippen LogP contribution in [-0.4, -0.2) is 54.3 Å². The topological polar surface area (TPSA) is 42.3 Å². The lowest BCUT2D eigenvalue weighted by Crippen LogP contribution is -2.24. The van der Waals surface area contributed by atoms with Crippen LogP contribution in [0.25, 0.3) is 0 Å². The summed E-state index contributed by atoms with van der Waals surface area (Å²) in [6.45, 7) is 8.29. The van der Waals surface area contributed by atoms with Crippen molar-refractivity contribution in [3.05, 3.63) is 11.9 Å². The van der Waals surface area contributed by atoms with E-state index in [4.69, 9.17) is 4.74 Å². The van der Waals surface area contributed by atoms with Crippen molar-refractivity contribution < 1.29 is 4.74 Å². The Balaban J connectivity index is 1.99. The Morgan fingerprint density at radius 1 is 1.58 bits per heavy atom. The minimum absolute atomic E-state index is 0.275. The third-order valence-electron chi connectivity index (χ3n) is 3.63. The molecule has 0 amide bonds. The molecule has 0 aliphatic carbocycles. The molecular weight excluding hydrogens is 240 g/mol. The largest absolute Gasteiger partial charge is 0.383 e. The maximum atomic E-state index is 5.16. The van der Waals surface area contributed by atoms with Crippen molar-refractivity contribution in [3.63, 3.8) is 0 Å². The number of nitrogens with one attached hydrogen (secondary N) is 1. The molecule has 0 saturated carbocycles. The lowest BCUT2D eigenvalue weighted by atomic mass is 10.1. The van der Waals surface area contributed by atoms with Crippen molar-refractivity contribution in [3.8, 4) is 0 Å². The van der Waals surface area contributed by atoms with Crippen LogP contribution in [0.15, 0.2) is 6.20 Å². The van der Waals surface area contributed by atoms with Crippen molar-refractivity contribution in [2.75, 3.05) is 39.2 Å². The van der Waals surface area contributed by atoms with E-state index in [-0.39, 0.29) is 6.04 Å². The lowest BCUT2D eigenvalue weighted by Gasteiger charge is -2.17. The van der Waals surface area contributed by atoms with Crippen molar-refractivity contribution in [1.29, 1.82) is 0 Å². The quantitative estimate of drug-likeness (QED) is 0.849. The van der Waals surface area contributed by atoms with Gasteiger partial charge in [-0.25, -0.2) is 4.98 Å². The Labute approximate surface area is 116 Å². The molecule has 108 valence electrons. The zero-order valence-corrected chi connectivity index (χ0v) is 12.5. The van der Waals surface area contributed by atoms with E-state index in [0.29, 0.717) is 6.61 Å². The van der Waals surface area contributed by atoms with Gasteiger partial charge in [-0.3, -0.25) is 0 Å². The third kappa shape index (κ3) is 3.94. The third-order valence-corrected chi connectivity index (χ3v) is 3.63. The van der Waals surface area contributed by atoms with Gasteiger partial charge in [0.05, 0.1) is 12.3 Å². The zero-order chi connectivity index (χ0) is 13.8. The predicted molar refractivity (Wildman–Crippen MR) is 77.5 cm³/mol. The van der Waals surface area contributed by atoms with E-state index in [1.165, 1.54) is 19.5 Å². The van der Waals surface area contributed by atoms with Crippen LogP contribution in [-0.2, 0) is 11.3 Å². The second-order valence-electron chi connectivity index (χ2n) is 5.78. The first-order valence-electron chi connectivity index (χ1n) is 7.06. The normalized spacial score (nSPS) is 21.8. The minimum atomic E-state index is 0.275. The van der Waals surface area contributed by atoms with Crippen LogP contribution in [0.4, 0.5) is 5.95 Å². The second-order valence-corrected chi connectivity index (χ2v) is 5.78. The van der Waals surface area contributed by atoms with E-state index in [2.05, 4.69) is 39.9 Å². The summed E-state index contributed by atoms with van der Waals surface area (Å²) >= 11 is 0. The molecule has 1 aliphatic heterocycles. The number of ether oxygens (including phenoxy) is 1. The van der Waals surface area contributed by atoms with E-state index >= 15 is 0 Å². The van der Waals surface area contributed by atoms with Gasteiger partial charge in [-0.2, -0.15) is 0 Å². The molecular formula is C14H26N4O. The van der Waals surface area contributed by atoms with Crippen molar-refractivity contribution in [1.82, 2.24) is 14.5 Å². The fourth-order valence-corrected chi connectivity index (χ4v) is 2.77. The van der Waals surface area contributed by atoms with Crippen LogP contribution in [0, 0.1) is 12.8 Å². The molecule has 2 atom stereocenters. The second kappa shape index (κ2) is 6.39. The molecule has 2 heterocycles. The lowest BCUT2D eigenvalue weighted by molar-refractivity contribution is 0.190.